The lowest BCUT2D eigenvalue weighted by Crippen LogP contribution is -2.02. The number of nitrogens with zero attached hydrogens (tertiary/aromatic N) is 1. The Labute approximate surface area is 128 Å². The van der Waals surface area contributed by atoms with Gasteiger partial charge in [0.15, 0.2) is 0 Å². The molecule has 1 fully saturated rings. The van der Waals surface area contributed by atoms with Crippen molar-refractivity contribution >= 4 is 28.1 Å². The van der Waals surface area contributed by atoms with E-state index < -0.39 is 11.6 Å². The summed E-state index contributed by atoms with van der Waals surface area (Å²) in [5.74, 6) is -0.0570. The van der Waals surface area contributed by atoms with Crippen molar-refractivity contribution in [2.75, 3.05) is 0 Å². The molecule has 1 heterocycles. The third-order valence-electron chi connectivity index (χ3n) is 3.22. The summed E-state index contributed by atoms with van der Waals surface area (Å²) in [5.41, 5.74) is 1.57. The molecule has 0 saturated heterocycles. The maximum absolute atomic E-state index is 13.2. The van der Waals surface area contributed by atoms with Crippen LogP contribution < -0.4 is 0 Å². The van der Waals surface area contributed by atoms with Crippen molar-refractivity contribution in [1.29, 1.82) is 0 Å². The average Bonchev–Trinajstić information content (AvgIpc) is 3.16. The van der Waals surface area contributed by atoms with Crippen LogP contribution in [0.15, 0.2) is 22.7 Å². The van der Waals surface area contributed by atoms with Gasteiger partial charge in [-0.3, -0.25) is 0 Å². The fraction of sp³-hybridized carbons (Fsp3) is 0.286. The van der Waals surface area contributed by atoms with Crippen LogP contribution in [-0.2, 0) is 6.42 Å². The van der Waals surface area contributed by atoms with Gasteiger partial charge in [-0.15, -0.1) is 0 Å². The van der Waals surface area contributed by atoms with Crippen LogP contribution in [0.25, 0.3) is 0 Å². The average molecular weight is 357 g/mol. The molecular weight excluding hydrogens is 346 g/mol. The lowest BCUT2D eigenvalue weighted by molar-refractivity contribution is 0.580. The molecule has 0 aliphatic heterocycles. The number of aromatic amines is 1. The molecule has 1 aromatic heterocycles. The van der Waals surface area contributed by atoms with Crippen LogP contribution in [0, 0.1) is 16.3 Å². The predicted molar refractivity (Wildman–Crippen MR) is 78.3 cm³/mol. The van der Waals surface area contributed by atoms with Gasteiger partial charge in [0, 0.05) is 24.1 Å². The van der Waals surface area contributed by atoms with E-state index in [-0.39, 0.29) is 0 Å². The van der Waals surface area contributed by atoms with E-state index in [1.54, 1.807) is 0 Å². The number of nitrogens with one attached hydrogen (secondary N) is 1. The summed E-state index contributed by atoms with van der Waals surface area (Å²) in [4.78, 5) is 7.50. The molecule has 1 saturated carbocycles. The van der Waals surface area contributed by atoms with Crippen LogP contribution in [0.2, 0.25) is 0 Å². The van der Waals surface area contributed by atoms with Crippen molar-refractivity contribution in [2.24, 2.45) is 0 Å². The van der Waals surface area contributed by atoms with Gasteiger partial charge in [-0.1, -0.05) is 12.2 Å². The predicted octanol–water partition coefficient (Wildman–Crippen LogP) is 4.65. The molecule has 0 amide bonds. The van der Waals surface area contributed by atoms with Gasteiger partial charge in [-0.05, 0) is 46.5 Å². The molecule has 1 aromatic carbocycles. The van der Waals surface area contributed by atoms with Gasteiger partial charge in [0.25, 0.3) is 0 Å². The molecule has 1 aliphatic rings. The second-order valence-corrected chi connectivity index (χ2v) is 6.12. The smallest absolute Gasteiger partial charge is 0.144 e. The molecule has 0 unspecified atom stereocenters. The zero-order chi connectivity index (χ0) is 14.3. The van der Waals surface area contributed by atoms with E-state index in [0.717, 1.165) is 29.1 Å². The summed E-state index contributed by atoms with van der Waals surface area (Å²) in [6, 6.07) is 3.47. The monoisotopic (exact) mass is 356 g/mol. The third-order valence-corrected chi connectivity index (χ3v) is 4.58. The number of hydrogen-bond donors (Lipinski definition) is 1. The maximum Gasteiger partial charge on any atom is 0.144 e. The minimum absolute atomic E-state index is 0.325. The second kappa shape index (κ2) is 5.33. The largest absolute Gasteiger partial charge is 0.346 e. The molecular formula is C14H11BrF2N2S. The zero-order valence-electron chi connectivity index (χ0n) is 10.4. The highest BCUT2D eigenvalue weighted by molar-refractivity contribution is 9.10. The van der Waals surface area contributed by atoms with Gasteiger partial charge < -0.3 is 4.98 Å². The maximum atomic E-state index is 13.2. The van der Waals surface area contributed by atoms with Gasteiger partial charge in [-0.25, -0.2) is 13.8 Å². The lowest BCUT2D eigenvalue weighted by Gasteiger charge is -2.08. The second-order valence-electron chi connectivity index (χ2n) is 4.95. The molecule has 0 atom stereocenters. The van der Waals surface area contributed by atoms with Crippen LogP contribution in [-0.4, -0.2) is 9.97 Å². The van der Waals surface area contributed by atoms with Crippen LogP contribution in [0.1, 0.15) is 35.8 Å². The Kier molecular flexibility index (Phi) is 3.69. The Bertz CT molecular complexity index is 705. The number of benzene rings is 1. The number of hydrogen-bond acceptors (Lipinski definition) is 2. The summed E-state index contributed by atoms with van der Waals surface area (Å²) in [6.45, 7) is 0. The first-order valence-corrected chi connectivity index (χ1v) is 7.46. The van der Waals surface area contributed by atoms with Crippen LogP contribution >= 0.6 is 28.1 Å². The van der Waals surface area contributed by atoms with Crippen molar-refractivity contribution in [3.63, 3.8) is 0 Å². The molecule has 104 valence electrons. The molecule has 6 heteroatoms. The van der Waals surface area contributed by atoms with Crippen LogP contribution in [0.3, 0.4) is 0 Å². The fourth-order valence-electron chi connectivity index (χ4n) is 2.17. The molecule has 2 nitrogen and oxygen atoms in total. The highest BCUT2D eigenvalue weighted by Crippen LogP contribution is 2.42. The van der Waals surface area contributed by atoms with Crippen molar-refractivity contribution in [3.05, 3.63) is 56.0 Å². The molecule has 0 radical (unpaired) electrons. The van der Waals surface area contributed by atoms with E-state index in [9.17, 15) is 8.78 Å². The van der Waals surface area contributed by atoms with Gasteiger partial charge in [0.1, 0.15) is 22.1 Å². The first-order valence-electron chi connectivity index (χ1n) is 6.26. The molecule has 20 heavy (non-hydrogen) atoms. The molecule has 0 spiro atoms. The van der Waals surface area contributed by atoms with Crippen molar-refractivity contribution < 1.29 is 8.78 Å². The van der Waals surface area contributed by atoms with Crippen molar-refractivity contribution in [3.8, 4) is 0 Å². The molecule has 2 aromatic rings. The quantitative estimate of drug-likeness (QED) is 0.811. The summed E-state index contributed by atoms with van der Waals surface area (Å²) in [7, 11) is 0. The van der Waals surface area contributed by atoms with Crippen molar-refractivity contribution in [1.82, 2.24) is 9.97 Å². The number of H-pyrrole nitrogens is 1. The van der Waals surface area contributed by atoms with Crippen LogP contribution in [0.5, 0.6) is 0 Å². The molecule has 1 aliphatic carbocycles. The molecule has 0 bridgehead atoms. The van der Waals surface area contributed by atoms with Gasteiger partial charge in [-0.2, -0.15) is 0 Å². The van der Waals surface area contributed by atoms with Crippen molar-refractivity contribution in [2.45, 2.75) is 25.2 Å². The normalized spacial score (nSPS) is 14.6. The topological polar surface area (TPSA) is 28.7 Å². The Hall–Kier alpha value is -1.14. The van der Waals surface area contributed by atoms with Crippen LogP contribution in [0.4, 0.5) is 8.78 Å². The Morgan fingerprint density at radius 1 is 1.25 bits per heavy atom. The fourth-order valence-corrected chi connectivity index (χ4v) is 2.90. The minimum atomic E-state index is -0.585. The molecule has 1 N–H and O–H groups in total. The number of aromatic nitrogens is 2. The van der Waals surface area contributed by atoms with Gasteiger partial charge in [0.05, 0.1) is 4.47 Å². The van der Waals surface area contributed by atoms with E-state index in [2.05, 4.69) is 25.9 Å². The third kappa shape index (κ3) is 2.96. The van der Waals surface area contributed by atoms with Gasteiger partial charge in [0.2, 0.25) is 0 Å². The summed E-state index contributed by atoms with van der Waals surface area (Å²) in [5, 5.41) is 0. The standard InChI is InChI=1S/C14H11BrF2N2S/c15-12-13(8-1-2-8)18-11(19-14(12)20)5-7-3-9(16)6-10(17)4-7/h3-4,6,8H,1-2,5H2,(H,18,19,20). The van der Waals surface area contributed by atoms with E-state index in [1.807, 2.05) is 0 Å². The number of rotatable bonds is 3. The van der Waals surface area contributed by atoms with E-state index >= 15 is 0 Å². The van der Waals surface area contributed by atoms with E-state index in [0.29, 0.717) is 28.4 Å². The molecule has 3 rings (SSSR count). The summed E-state index contributed by atoms with van der Waals surface area (Å²) >= 11 is 8.66. The summed E-state index contributed by atoms with van der Waals surface area (Å²) < 4.78 is 27.7. The first kappa shape index (κ1) is 13.8. The van der Waals surface area contributed by atoms with Gasteiger partial charge >= 0.3 is 0 Å². The Morgan fingerprint density at radius 3 is 2.50 bits per heavy atom. The zero-order valence-corrected chi connectivity index (χ0v) is 12.8. The Morgan fingerprint density at radius 2 is 1.90 bits per heavy atom. The highest BCUT2D eigenvalue weighted by Gasteiger charge is 2.27. The number of halogens is 3. The lowest BCUT2D eigenvalue weighted by atomic mass is 10.1. The van der Waals surface area contributed by atoms with E-state index in [4.69, 9.17) is 12.2 Å². The Balaban J connectivity index is 1.96. The van der Waals surface area contributed by atoms with E-state index in [1.165, 1.54) is 12.1 Å². The first-order chi connectivity index (χ1) is 9.52. The summed E-state index contributed by atoms with van der Waals surface area (Å²) in [6.07, 6.45) is 2.58. The SMILES string of the molecule is Fc1cc(F)cc(Cc2nc(=S)c(Br)c(C3CC3)[nH]2)c1. The highest BCUT2D eigenvalue weighted by atomic mass is 79.9. The minimum Gasteiger partial charge on any atom is -0.346 e.